The first-order chi connectivity index (χ1) is 25.3. The molecule has 0 aliphatic rings. The minimum absolute atomic E-state index is 0.226. The lowest BCUT2D eigenvalue weighted by Crippen LogP contribution is -2.31. The molecule has 0 saturated heterocycles. The van der Waals surface area contributed by atoms with E-state index in [9.17, 15) is 19.2 Å². The van der Waals surface area contributed by atoms with Gasteiger partial charge in [-0.1, -0.05) is 194 Å². The summed E-state index contributed by atoms with van der Waals surface area (Å²) in [6, 6.07) is -1.63. The van der Waals surface area contributed by atoms with Gasteiger partial charge in [-0.3, -0.25) is 19.2 Å². The van der Waals surface area contributed by atoms with Crippen molar-refractivity contribution in [2.24, 2.45) is 0 Å². The molecule has 0 aromatic carbocycles. The van der Waals surface area contributed by atoms with Crippen molar-refractivity contribution in [1.82, 2.24) is 0 Å². The van der Waals surface area contributed by atoms with Crippen LogP contribution in [0.5, 0.6) is 0 Å². The molecule has 2 atom stereocenters. The van der Waals surface area contributed by atoms with Crippen LogP contribution in [0.3, 0.4) is 0 Å². The lowest BCUT2D eigenvalue weighted by Gasteiger charge is -2.19. The molecule has 0 aliphatic heterocycles. The average Bonchev–Trinajstić information content (AvgIpc) is 3.12. The molecule has 9 heteroatoms. The van der Waals surface area contributed by atoms with Crippen molar-refractivity contribution in [2.45, 2.75) is 238 Å². The number of carbonyl (C=O) groups is 4. The Balaban J connectivity index is 4.16. The molecule has 0 heterocycles. The molecule has 0 fully saturated rings. The van der Waals surface area contributed by atoms with E-state index >= 15 is 0 Å². The van der Waals surface area contributed by atoms with E-state index in [0.717, 1.165) is 38.5 Å². The molecule has 0 aliphatic carbocycles. The van der Waals surface area contributed by atoms with Crippen molar-refractivity contribution in [3.05, 3.63) is 5.73 Å². The van der Waals surface area contributed by atoms with E-state index in [0.29, 0.717) is 6.42 Å². The van der Waals surface area contributed by atoms with Crippen molar-refractivity contribution >= 4 is 23.9 Å². The zero-order chi connectivity index (χ0) is 38.3. The average molecular weight is 739 g/mol. The van der Waals surface area contributed by atoms with Crippen molar-refractivity contribution in [2.75, 3.05) is 13.2 Å². The van der Waals surface area contributed by atoms with Gasteiger partial charge < -0.3 is 25.1 Å². The number of hydrogen-bond acceptors (Lipinski definition) is 7. The second kappa shape index (κ2) is 38.6. The Bertz CT molecular complexity index is 851. The molecule has 2 N–H and O–H groups in total. The van der Waals surface area contributed by atoms with Crippen LogP contribution in [0.1, 0.15) is 226 Å². The fraction of sp³-hybridized carbons (Fsp3) is 0.907. The Hall–Kier alpha value is -2.16. The molecular formula is C43H80NO8-. The number of ether oxygens (including phenoxy) is 3. The summed E-state index contributed by atoms with van der Waals surface area (Å²) in [5.74, 6) is -3.13. The third-order valence-electron chi connectivity index (χ3n) is 9.80. The summed E-state index contributed by atoms with van der Waals surface area (Å²) in [5, 5.41) is 8.89. The van der Waals surface area contributed by atoms with Gasteiger partial charge in [0.05, 0.1) is 0 Å². The second-order valence-corrected chi connectivity index (χ2v) is 15.0. The molecule has 0 spiro atoms. The maximum atomic E-state index is 12.6. The molecule has 0 aromatic heterocycles. The van der Waals surface area contributed by atoms with Crippen molar-refractivity contribution < 1.29 is 38.5 Å². The fourth-order valence-electron chi connectivity index (χ4n) is 6.40. The van der Waals surface area contributed by atoms with Gasteiger partial charge in [0.2, 0.25) is 0 Å². The molecule has 0 amide bonds. The lowest BCUT2D eigenvalue weighted by atomic mass is 10.0. The number of carboxylic acid groups (broad SMARTS) is 1. The third-order valence-corrected chi connectivity index (χ3v) is 9.80. The molecule has 2 unspecified atom stereocenters. The minimum Gasteiger partial charge on any atom is -0.665 e. The van der Waals surface area contributed by atoms with E-state index in [1.54, 1.807) is 0 Å². The van der Waals surface area contributed by atoms with Gasteiger partial charge >= 0.3 is 17.9 Å². The molecule has 306 valence electrons. The van der Waals surface area contributed by atoms with Crippen LogP contribution in [-0.2, 0) is 33.4 Å². The Labute approximate surface area is 318 Å². The number of carboxylic acids is 1. The van der Waals surface area contributed by atoms with Gasteiger partial charge in [0.25, 0.3) is 5.97 Å². The van der Waals surface area contributed by atoms with Crippen LogP contribution in [0, 0.1) is 0 Å². The molecule has 52 heavy (non-hydrogen) atoms. The summed E-state index contributed by atoms with van der Waals surface area (Å²) in [6.07, 6.45) is 36.0. The monoisotopic (exact) mass is 739 g/mol. The largest absolute Gasteiger partial charge is 0.665 e. The zero-order valence-corrected chi connectivity index (χ0v) is 33.7. The predicted octanol–water partition coefficient (Wildman–Crippen LogP) is 12.4. The van der Waals surface area contributed by atoms with E-state index in [1.165, 1.54) is 148 Å². The van der Waals surface area contributed by atoms with Crippen LogP contribution in [0.2, 0.25) is 0 Å². The van der Waals surface area contributed by atoms with Crippen LogP contribution < -0.4 is 0 Å². The first-order valence-corrected chi connectivity index (χ1v) is 21.7. The van der Waals surface area contributed by atoms with Crippen molar-refractivity contribution in [1.29, 1.82) is 0 Å². The Morgan fingerprint density at radius 1 is 0.442 bits per heavy atom. The molecule has 9 nitrogen and oxygen atoms in total. The molecule has 0 aromatic rings. The van der Waals surface area contributed by atoms with Gasteiger partial charge in [0, 0.05) is 19.3 Å². The Kier molecular flexibility index (Phi) is 37.0. The number of rotatable bonds is 40. The fourth-order valence-corrected chi connectivity index (χ4v) is 6.40. The SMILES string of the molecule is CCCCCCCCCCCCCCCCCC(=O)OCC(COC(=O)CC([NH-])C(=O)O)OC(=O)CCCCCCCCCCCCCCCCC. The van der Waals surface area contributed by atoms with Crippen LogP contribution in [0.15, 0.2) is 0 Å². The standard InChI is InChI=1S/C43H80NO8/c1-3-5-7-9-11-13-15-17-19-21-23-25-27-29-31-33-40(45)50-36-38(37-51-42(47)35-39(44)43(48)49)52-41(46)34-32-30-28-26-24-22-20-18-16-14-12-10-8-6-4-2/h38-39,44H,3-37H2,1-2H3,(H,48,49)/q-1. The summed E-state index contributed by atoms with van der Waals surface area (Å²) in [7, 11) is 0. The zero-order valence-electron chi connectivity index (χ0n) is 33.7. The van der Waals surface area contributed by atoms with Crippen molar-refractivity contribution in [3.63, 3.8) is 0 Å². The van der Waals surface area contributed by atoms with E-state index in [4.69, 9.17) is 25.1 Å². The van der Waals surface area contributed by atoms with Gasteiger partial charge in [-0.05, 0) is 18.9 Å². The van der Waals surface area contributed by atoms with Crippen LogP contribution in [-0.4, -0.2) is 54.3 Å². The first-order valence-electron chi connectivity index (χ1n) is 21.7. The normalized spacial score (nSPS) is 12.4. The summed E-state index contributed by atoms with van der Waals surface area (Å²) < 4.78 is 16.0. The Morgan fingerprint density at radius 3 is 1.06 bits per heavy atom. The lowest BCUT2D eigenvalue weighted by molar-refractivity contribution is -0.167. The van der Waals surface area contributed by atoms with E-state index in [2.05, 4.69) is 13.8 Å². The number of unbranched alkanes of at least 4 members (excludes halogenated alkanes) is 28. The maximum absolute atomic E-state index is 12.6. The van der Waals surface area contributed by atoms with E-state index in [-0.39, 0.29) is 32.0 Å². The highest BCUT2D eigenvalue weighted by Crippen LogP contribution is 2.16. The number of esters is 3. The van der Waals surface area contributed by atoms with Gasteiger partial charge in [0.15, 0.2) is 6.10 Å². The topological polar surface area (TPSA) is 140 Å². The van der Waals surface area contributed by atoms with Gasteiger partial charge in [0.1, 0.15) is 13.2 Å². The smallest absolute Gasteiger partial charge is 0.306 e. The highest BCUT2D eigenvalue weighted by Gasteiger charge is 2.20. The van der Waals surface area contributed by atoms with Gasteiger partial charge in [-0.15, -0.1) is 0 Å². The number of carbonyl (C=O) groups excluding carboxylic acids is 3. The molecule has 0 bridgehead atoms. The molecule has 0 rings (SSSR count). The highest BCUT2D eigenvalue weighted by molar-refractivity contribution is 5.82. The van der Waals surface area contributed by atoms with E-state index in [1.807, 2.05) is 0 Å². The number of nitrogens with one attached hydrogen (secondary N) is 1. The van der Waals surface area contributed by atoms with Crippen molar-refractivity contribution in [3.8, 4) is 0 Å². The molecular weight excluding hydrogens is 658 g/mol. The maximum Gasteiger partial charge on any atom is 0.306 e. The van der Waals surface area contributed by atoms with Crippen LogP contribution >= 0.6 is 0 Å². The minimum atomic E-state index is -1.63. The second-order valence-electron chi connectivity index (χ2n) is 15.0. The number of hydrogen-bond donors (Lipinski definition) is 1. The van der Waals surface area contributed by atoms with Crippen LogP contribution in [0.25, 0.3) is 5.73 Å². The first kappa shape index (κ1) is 49.8. The summed E-state index contributed by atoms with van der Waals surface area (Å²) in [6.45, 7) is 3.91. The Morgan fingerprint density at radius 2 is 0.731 bits per heavy atom. The molecule has 0 saturated carbocycles. The molecule has 0 radical (unpaired) electrons. The van der Waals surface area contributed by atoms with E-state index < -0.39 is 36.5 Å². The quantitative estimate of drug-likeness (QED) is 0.0372. The number of aliphatic carboxylic acids is 1. The predicted molar refractivity (Wildman–Crippen MR) is 211 cm³/mol. The van der Waals surface area contributed by atoms with Crippen LogP contribution in [0.4, 0.5) is 0 Å². The third kappa shape index (κ3) is 36.2. The summed E-state index contributed by atoms with van der Waals surface area (Å²) in [5.41, 5.74) is 7.42. The highest BCUT2D eigenvalue weighted by atomic mass is 16.6. The van der Waals surface area contributed by atoms with Gasteiger partial charge in [-0.25, -0.2) is 0 Å². The summed E-state index contributed by atoms with van der Waals surface area (Å²) in [4.78, 5) is 47.9. The van der Waals surface area contributed by atoms with Gasteiger partial charge in [-0.2, -0.15) is 0 Å². The summed E-state index contributed by atoms with van der Waals surface area (Å²) >= 11 is 0.